The first kappa shape index (κ1) is 13.7. The fraction of sp³-hybridized carbons (Fsp3) is 0.667. The Balaban J connectivity index is 1.58. The van der Waals surface area contributed by atoms with Crippen molar-refractivity contribution < 1.29 is 9.84 Å². The van der Waals surface area contributed by atoms with Crippen LogP contribution in [-0.4, -0.2) is 41.8 Å². The van der Waals surface area contributed by atoms with E-state index in [0.717, 1.165) is 45.4 Å². The van der Waals surface area contributed by atoms with Gasteiger partial charge in [0.15, 0.2) is 0 Å². The van der Waals surface area contributed by atoms with Crippen molar-refractivity contribution in [3.05, 3.63) is 35.4 Å². The van der Waals surface area contributed by atoms with Gasteiger partial charge in [-0.3, -0.25) is 4.90 Å². The first-order chi connectivity index (χ1) is 10.3. The van der Waals surface area contributed by atoms with Crippen LogP contribution in [0.15, 0.2) is 24.3 Å². The number of ether oxygens (including phenoxy) is 1. The van der Waals surface area contributed by atoms with Gasteiger partial charge >= 0.3 is 0 Å². The summed E-state index contributed by atoms with van der Waals surface area (Å²) in [5.41, 5.74) is 2.72. The average molecular weight is 287 g/mol. The lowest BCUT2D eigenvalue weighted by Gasteiger charge is -2.46. The molecule has 2 fully saturated rings. The number of hydrogen-bond donors (Lipinski definition) is 1. The molecule has 0 aromatic heterocycles. The minimum atomic E-state index is -0.148. The maximum absolute atomic E-state index is 10.4. The molecule has 1 N–H and O–H groups in total. The van der Waals surface area contributed by atoms with E-state index >= 15 is 0 Å². The number of rotatable bonds is 1. The average Bonchev–Trinajstić information content (AvgIpc) is 2.87. The molecule has 1 aliphatic heterocycles. The topological polar surface area (TPSA) is 32.7 Å². The highest BCUT2D eigenvalue weighted by Gasteiger charge is 2.45. The van der Waals surface area contributed by atoms with Crippen molar-refractivity contribution in [1.29, 1.82) is 0 Å². The third-order valence-corrected chi connectivity index (χ3v) is 5.68. The summed E-state index contributed by atoms with van der Waals surface area (Å²) in [5.74, 6) is 0. The van der Waals surface area contributed by atoms with Gasteiger partial charge in [0.1, 0.15) is 5.60 Å². The van der Waals surface area contributed by atoms with Crippen LogP contribution in [0.1, 0.15) is 43.2 Å². The van der Waals surface area contributed by atoms with Crippen molar-refractivity contribution in [3.8, 4) is 0 Å². The zero-order valence-electron chi connectivity index (χ0n) is 12.6. The van der Waals surface area contributed by atoms with E-state index in [-0.39, 0.29) is 11.7 Å². The van der Waals surface area contributed by atoms with Gasteiger partial charge in [-0.05, 0) is 36.8 Å². The predicted octanol–water partition coefficient (Wildman–Crippen LogP) is 2.46. The number of benzene rings is 1. The van der Waals surface area contributed by atoms with Crippen LogP contribution in [-0.2, 0) is 16.8 Å². The van der Waals surface area contributed by atoms with Crippen LogP contribution in [0.25, 0.3) is 0 Å². The molecule has 0 bridgehead atoms. The van der Waals surface area contributed by atoms with Crippen molar-refractivity contribution in [1.82, 2.24) is 4.90 Å². The van der Waals surface area contributed by atoms with E-state index < -0.39 is 0 Å². The van der Waals surface area contributed by atoms with Gasteiger partial charge in [0.05, 0.1) is 12.7 Å². The highest BCUT2D eigenvalue weighted by atomic mass is 16.5. The summed E-state index contributed by atoms with van der Waals surface area (Å²) in [4.78, 5) is 2.51. The summed E-state index contributed by atoms with van der Waals surface area (Å²) in [5, 5.41) is 10.4. The molecule has 114 valence electrons. The molecule has 3 heteroatoms. The summed E-state index contributed by atoms with van der Waals surface area (Å²) in [6.45, 7) is 2.70. The van der Waals surface area contributed by atoms with E-state index in [1.165, 1.54) is 24.0 Å². The van der Waals surface area contributed by atoms with Gasteiger partial charge in [-0.1, -0.05) is 37.1 Å². The lowest BCUT2D eigenvalue weighted by atomic mass is 9.88. The third kappa shape index (κ3) is 2.32. The van der Waals surface area contributed by atoms with Crippen molar-refractivity contribution in [2.75, 3.05) is 19.7 Å². The molecule has 0 radical (unpaired) electrons. The molecule has 1 spiro atoms. The Morgan fingerprint density at radius 2 is 2.05 bits per heavy atom. The maximum atomic E-state index is 10.4. The van der Waals surface area contributed by atoms with Crippen LogP contribution in [0.3, 0.4) is 0 Å². The molecule has 3 nitrogen and oxygen atoms in total. The van der Waals surface area contributed by atoms with E-state index in [9.17, 15) is 5.11 Å². The van der Waals surface area contributed by atoms with Crippen LogP contribution < -0.4 is 0 Å². The summed E-state index contributed by atoms with van der Waals surface area (Å²) < 4.78 is 6.29. The molecule has 1 heterocycles. The normalized spacial score (nSPS) is 36.8. The van der Waals surface area contributed by atoms with Crippen molar-refractivity contribution in [3.63, 3.8) is 0 Å². The lowest BCUT2D eigenvalue weighted by molar-refractivity contribution is -0.137. The zero-order valence-corrected chi connectivity index (χ0v) is 12.6. The van der Waals surface area contributed by atoms with Crippen LogP contribution in [0, 0.1) is 0 Å². The second kappa shape index (κ2) is 5.38. The van der Waals surface area contributed by atoms with Crippen LogP contribution in [0.5, 0.6) is 0 Å². The SMILES string of the molecule is OC1CCCCC1N1CCOC2(CCc3ccccc32)C1. The monoisotopic (exact) mass is 287 g/mol. The van der Waals surface area contributed by atoms with Crippen LogP contribution in [0.2, 0.25) is 0 Å². The van der Waals surface area contributed by atoms with E-state index in [2.05, 4.69) is 29.2 Å². The van der Waals surface area contributed by atoms with E-state index in [1.54, 1.807) is 0 Å². The molecule has 1 aromatic rings. The molecule has 3 aliphatic rings. The molecular formula is C18H25NO2. The molecule has 4 rings (SSSR count). The highest BCUT2D eigenvalue weighted by Crippen LogP contribution is 2.43. The number of aliphatic hydroxyl groups excluding tert-OH is 1. The van der Waals surface area contributed by atoms with Crippen molar-refractivity contribution in [2.45, 2.75) is 56.3 Å². The Morgan fingerprint density at radius 3 is 2.95 bits per heavy atom. The van der Waals surface area contributed by atoms with Gasteiger partial charge in [0.2, 0.25) is 0 Å². The van der Waals surface area contributed by atoms with Gasteiger partial charge in [-0.2, -0.15) is 0 Å². The molecular weight excluding hydrogens is 262 g/mol. The summed E-state index contributed by atoms with van der Waals surface area (Å²) in [6, 6.07) is 9.07. The first-order valence-electron chi connectivity index (χ1n) is 8.43. The maximum Gasteiger partial charge on any atom is 0.106 e. The Morgan fingerprint density at radius 1 is 1.19 bits per heavy atom. The smallest absolute Gasteiger partial charge is 0.106 e. The number of morpholine rings is 1. The van der Waals surface area contributed by atoms with Crippen LogP contribution in [0.4, 0.5) is 0 Å². The Labute approximate surface area is 126 Å². The zero-order chi connectivity index (χ0) is 14.3. The second-order valence-corrected chi connectivity index (χ2v) is 6.89. The molecule has 1 saturated heterocycles. The Bertz CT molecular complexity index is 514. The summed E-state index contributed by atoms with van der Waals surface area (Å²) >= 11 is 0. The number of aliphatic hydroxyl groups is 1. The Hall–Kier alpha value is -0.900. The molecule has 2 aliphatic carbocycles. The summed E-state index contributed by atoms with van der Waals surface area (Å²) in [7, 11) is 0. The standard InChI is InChI=1S/C18H25NO2/c20-17-8-4-3-7-16(17)19-11-12-21-18(13-19)10-9-14-5-1-2-6-15(14)18/h1-2,5-6,16-17,20H,3-4,7-13H2. The van der Waals surface area contributed by atoms with E-state index in [1.807, 2.05) is 0 Å². The Kier molecular flexibility index (Phi) is 3.52. The van der Waals surface area contributed by atoms with E-state index in [4.69, 9.17) is 4.74 Å². The molecule has 3 unspecified atom stereocenters. The number of hydrogen-bond acceptors (Lipinski definition) is 3. The minimum absolute atomic E-state index is 0.119. The molecule has 1 aromatic carbocycles. The minimum Gasteiger partial charge on any atom is -0.391 e. The van der Waals surface area contributed by atoms with Gasteiger partial charge in [0.25, 0.3) is 0 Å². The fourth-order valence-corrected chi connectivity index (χ4v) is 4.58. The number of nitrogens with zero attached hydrogens (tertiary/aromatic N) is 1. The molecule has 0 amide bonds. The van der Waals surface area contributed by atoms with Gasteiger partial charge in [0, 0.05) is 19.1 Å². The highest BCUT2D eigenvalue weighted by molar-refractivity contribution is 5.38. The van der Waals surface area contributed by atoms with Crippen molar-refractivity contribution >= 4 is 0 Å². The van der Waals surface area contributed by atoms with Crippen LogP contribution >= 0.6 is 0 Å². The lowest BCUT2D eigenvalue weighted by Crippen LogP contribution is -2.56. The molecule has 21 heavy (non-hydrogen) atoms. The fourth-order valence-electron chi connectivity index (χ4n) is 4.58. The van der Waals surface area contributed by atoms with Gasteiger partial charge < -0.3 is 9.84 Å². The number of fused-ring (bicyclic) bond motifs is 2. The largest absolute Gasteiger partial charge is 0.391 e. The van der Waals surface area contributed by atoms with Gasteiger partial charge in [-0.15, -0.1) is 0 Å². The first-order valence-corrected chi connectivity index (χ1v) is 8.43. The van der Waals surface area contributed by atoms with Gasteiger partial charge in [-0.25, -0.2) is 0 Å². The molecule has 1 saturated carbocycles. The quantitative estimate of drug-likeness (QED) is 0.861. The predicted molar refractivity (Wildman–Crippen MR) is 82.2 cm³/mol. The second-order valence-electron chi connectivity index (χ2n) is 6.89. The molecule has 3 atom stereocenters. The summed E-state index contributed by atoms with van der Waals surface area (Å²) in [6.07, 6.45) is 6.59. The van der Waals surface area contributed by atoms with Crippen molar-refractivity contribution in [2.24, 2.45) is 0 Å². The third-order valence-electron chi connectivity index (χ3n) is 5.68. The number of aryl methyl sites for hydroxylation is 1. The van der Waals surface area contributed by atoms with E-state index in [0.29, 0.717) is 6.04 Å².